The third-order valence-corrected chi connectivity index (χ3v) is 12.3. The van der Waals surface area contributed by atoms with Crippen molar-refractivity contribution in [3.63, 3.8) is 0 Å². The maximum absolute atomic E-state index is 11.7. The monoisotopic (exact) mass is 1150 g/mol. The van der Waals surface area contributed by atoms with Crippen molar-refractivity contribution < 1.29 is 43.4 Å². The minimum Gasteiger partial charge on any atom is -0.444 e. The van der Waals surface area contributed by atoms with E-state index < -0.39 is 14.8 Å². The quantitative estimate of drug-likeness (QED) is 0.0218. The first-order valence-electron chi connectivity index (χ1n) is 22.2. The van der Waals surface area contributed by atoms with Crippen molar-refractivity contribution in [3.8, 4) is 0 Å². The minimum atomic E-state index is -0.440. The Morgan fingerprint density at radius 1 is 0.506 bits per heavy atom. The molecular weight excluding hydrogens is 1100 g/mol. The summed E-state index contributed by atoms with van der Waals surface area (Å²) in [5.74, 6) is 0. The van der Waals surface area contributed by atoms with Gasteiger partial charge in [0.2, 0.25) is 0 Å². The van der Waals surface area contributed by atoms with E-state index in [1.54, 1.807) is 87.5 Å². The number of nitrogens with zero attached hydrogens (tertiary/aromatic N) is 6. The number of amides is 3. The maximum Gasteiger partial charge on any atom is 0.414 e. The second-order valence-electron chi connectivity index (χ2n) is 15.9. The zero-order chi connectivity index (χ0) is 54.6. The Balaban J connectivity index is 0.000000261. The maximum atomic E-state index is 11.7. The van der Waals surface area contributed by atoms with Crippen LogP contribution in [0.15, 0.2) is 160 Å². The molecule has 29 heteroatoms. The Morgan fingerprint density at radius 3 is 1.10 bits per heavy atom. The number of nitro benzene ring substituents is 3. The lowest BCUT2D eigenvalue weighted by Gasteiger charge is -2.13. The summed E-state index contributed by atoms with van der Waals surface area (Å²) in [4.78, 5) is 71.4. The van der Waals surface area contributed by atoms with Gasteiger partial charge in [-0.2, -0.15) is 27.0 Å². The molecule has 0 bridgehead atoms. The molecule has 9 rings (SSSR count). The molecular formula is C48H56N12O12S5. The molecule has 3 aliphatic heterocycles. The average molecular weight is 1150 g/mol. The zero-order valence-electron chi connectivity index (χ0n) is 41.1. The highest BCUT2D eigenvalue weighted by Gasteiger charge is 2.32. The number of hydrogen-bond acceptors (Lipinski definition) is 21. The lowest BCUT2D eigenvalue weighted by atomic mass is 10.2. The molecule has 410 valence electrons. The van der Waals surface area contributed by atoms with Crippen LogP contribution in [-0.2, 0) is 14.2 Å². The largest absolute Gasteiger partial charge is 0.444 e. The van der Waals surface area contributed by atoms with Gasteiger partial charge in [-0.15, -0.1) is 0 Å². The highest BCUT2D eigenvalue weighted by molar-refractivity contribution is 8.00. The van der Waals surface area contributed by atoms with Crippen LogP contribution in [-0.4, -0.2) is 77.5 Å². The number of nitrogen functional groups attached to an aromatic ring is 2. The van der Waals surface area contributed by atoms with E-state index in [0.29, 0.717) is 37.6 Å². The number of non-ortho nitro benzene ring substituents is 3. The van der Waals surface area contributed by atoms with Crippen LogP contribution in [0.25, 0.3) is 0 Å². The number of carbonyl (C=O) groups excluding carboxylic acids is 3. The molecule has 77 heavy (non-hydrogen) atoms. The van der Waals surface area contributed by atoms with E-state index in [1.165, 1.54) is 48.3 Å². The van der Waals surface area contributed by atoms with Gasteiger partial charge in [-0.05, 0) is 159 Å². The Labute approximate surface area is 469 Å². The molecule has 3 aliphatic rings. The summed E-state index contributed by atoms with van der Waals surface area (Å²) in [5, 5.41) is 41.4. The van der Waals surface area contributed by atoms with Crippen LogP contribution in [0.2, 0.25) is 0 Å². The van der Waals surface area contributed by atoms with Crippen molar-refractivity contribution in [2.75, 3.05) is 57.1 Å². The summed E-state index contributed by atoms with van der Waals surface area (Å²) in [6.07, 6.45) is -1.33. The van der Waals surface area contributed by atoms with Gasteiger partial charge in [0, 0.05) is 91.8 Å². The number of nitrogens with one attached hydrogen (secondary N) is 1. The summed E-state index contributed by atoms with van der Waals surface area (Å²) in [7, 11) is 0. The molecule has 0 unspecified atom stereocenters. The van der Waals surface area contributed by atoms with Crippen LogP contribution < -0.4 is 46.9 Å². The van der Waals surface area contributed by atoms with Gasteiger partial charge in [-0.25, -0.2) is 14.4 Å². The Bertz CT molecular complexity index is 2810. The highest BCUT2D eigenvalue weighted by Crippen LogP contribution is 2.28. The molecule has 0 radical (unpaired) electrons. The molecule has 3 heterocycles. The molecule has 6 aromatic carbocycles. The smallest absolute Gasteiger partial charge is 0.414 e. The van der Waals surface area contributed by atoms with Gasteiger partial charge >= 0.3 is 18.3 Å². The topological polar surface area (TPSA) is 360 Å². The van der Waals surface area contributed by atoms with E-state index in [4.69, 9.17) is 41.7 Å². The van der Waals surface area contributed by atoms with Gasteiger partial charge in [-0.1, -0.05) is 0 Å². The van der Waals surface area contributed by atoms with Gasteiger partial charge in [0.15, 0.2) is 0 Å². The number of benzene rings is 6. The van der Waals surface area contributed by atoms with Crippen LogP contribution >= 0.6 is 62.8 Å². The average Bonchev–Trinajstić information content (AvgIpc) is 4.09. The number of anilines is 6. The van der Waals surface area contributed by atoms with Gasteiger partial charge in [0.25, 0.3) is 17.1 Å². The first-order valence-corrected chi connectivity index (χ1v) is 24.8. The molecule has 11 N–H and O–H groups in total. The van der Waals surface area contributed by atoms with Crippen LogP contribution in [0.5, 0.6) is 0 Å². The SMILES string of the molecule is C[C@@H]1CN(c2ccc(N)cc2)C(=O)O1.C[C@@H]1CN(c2ccc(NSc3ccc([N+](=O)[O-])cc3)cc2)C(=O)O1.NC[C@@H]1CN(c2ccc(N)cc2)C(=O)O1.NSc1ccc([N+](=O)[O-])cc1.NSc1ccc([N+](=O)[O-])cc1.S.S. The lowest BCUT2D eigenvalue weighted by Crippen LogP contribution is -2.27. The van der Waals surface area contributed by atoms with Crippen molar-refractivity contribution in [2.24, 2.45) is 16.0 Å². The molecule has 0 saturated carbocycles. The van der Waals surface area contributed by atoms with Crippen molar-refractivity contribution in [1.29, 1.82) is 0 Å². The van der Waals surface area contributed by atoms with E-state index in [-0.39, 0.29) is 80.6 Å². The normalized spacial score (nSPS) is 15.8. The van der Waals surface area contributed by atoms with Crippen LogP contribution in [0.4, 0.5) is 65.6 Å². The molecule has 0 spiro atoms. The fourth-order valence-electron chi connectivity index (χ4n) is 6.55. The molecule has 3 amide bonds. The molecule has 3 saturated heterocycles. The Kier molecular flexibility index (Phi) is 26.0. The van der Waals surface area contributed by atoms with Crippen molar-refractivity contribution >= 4 is 132 Å². The fourth-order valence-corrected chi connectivity index (χ4v) is 7.78. The van der Waals surface area contributed by atoms with E-state index in [2.05, 4.69) is 4.72 Å². The predicted octanol–water partition coefficient (Wildman–Crippen LogP) is 9.57. The first-order chi connectivity index (χ1) is 35.9. The molecule has 0 aliphatic carbocycles. The van der Waals surface area contributed by atoms with E-state index in [0.717, 1.165) is 61.3 Å². The van der Waals surface area contributed by atoms with Crippen molar-refractivity contribution in [2.45, 2.75) is 46.8 Å². The number of nitro groups is 3. The number of hydrogen-bond donors (Lipinski definition) is 6. The number of nitrogens with two attached hydrogens (primary N) is 5. The number of ether oxygens (including phenoxy) is 3. The summed E-state index contributed by atoms with van der Waals surface area (Å²) in [6.45, 7) is 5.71. The first kappa shape index (κ1) is 63.7. The highest BCUT2D eigenvalue weighted by atomic mass is 32.2. The van der Waals surface area contributed by atoms with E-state index in [1.807, 2.05) is 50.2 Å². The second-order valence-corrected chi connectivity index (χ2v) is 18.2. The summed E-state index contributed by atoms with van der Waals surface area (Å²) >= 11 is 3.49. The van der Waals surface area contributed by atoms with E-state index in [9.17, 15) is 44.7 Å². The minimum absolute atomic E-state index is 0. The van der Waals surface area contributed by atoms with Crippen LogP contribution in [0.1, 0.15) is 13.8 Å². The predicted molar refractivity (Wildman–Crippen MR) is 311 cm³/mol. The standard InChI is InChI=1S/C16H15N3O4S.C10H13N3O2.C10H12N2O2.2C6H6N2O2S.2H2S/c1-11-10-18(16(20)23-11)13-4-2-12(3-5-13)17-24-15-8-6-14(7-9-15)19(21)22;11-5-9-6-13(10(14)15-9)8-3-1-7(12)2-4-8;1-7-6-12(10(13)14-7)9-4-2-8(11)3-5-9;2*7-11-6-3-1-5(2-4-6)8(9)10;;/h2-9,11,17H,10H2,1H3;1-4,9H,5-6,11-12H2;2-5,7H,6,11H2,1H3;2*1-4H,7H2;2*1H2/t11-;9-;7-;;;;/m111..../s1. The van der Waals surface area contributed by atoms with Gasteiger partial charge in [-0.3, -0.25) is 55.3 Å². The zero-order valence-corrected chi connectivity index (χ0v) is 45.6. The van der Waals surface area contributed by atoms with Crippen LogP contribution in [0.3, 0.4) is 0 Å². The molecule has 6 aromatic rings. The number of cyclic esters (lactones) is 3. The lowest BCUT2D eigenvalue weighted by molar-refractivity contribution is -0.385. The fraction of sp³-hybridized carbons (Fsp3) is 0.188. The van der Waals surface area contributed by atoms with Crippen molar-refractivity contribution in [1.82, 2.24) is 0 Å². The van der Waals surface area contributed by atoms with Gasteiger partial charge < -0.3 is 36.1 Å². The second kappa shape index (κ2) is 31.4. The van der Waals surface area contributed by atoms with E-state index >= 15 is 0 Å². The molecule has 3 fully saturated rings. The third-order valence-electron chi connectivity index (χ3n) is 10.4. The molecule has 3 atom stereocenters. The van der Waals surface area contributed by atoms with Gasteiger partial charge in [0.1, 0.15) is 18.3 Å². The number of carbonyl (C=O) groups is 3. The Hall–Kier alpha value is -7.64. The molecule has 0 aromatic heterocycles. The molecule has 24 nitrogen and oxygen atoms in total. The van der Waals surface area contributed by atoms with Gasteiger partial charge in [0.05, 0.1) is 34.4 Å². The van der Waals surface area contributed by atoms with Crippen molar-refractivity contribution in [3.05, 3.63) is 176 Å². The van der Waals surface area contributed by atoms with Crippen LogP contribution in [0, 0.1) is 30.3 Å². The third kappa shape index (κ3) is 19.8. The summed E-state index contributed by atoms with van der Waals surface area (Å²) in [5.41, 5.74) is 21.4. The summed E-state index contributed by atoms with van der Waals surface area (Å²) in [6, 6.07) is 40.1. The summed E-state index contributed by atoms with van der Waals surface area (Å²) < 4.78 is 18.3. The Morgan fingerprint density at radius 2 is 0.818 bits per heavy atom. The number of rotatable bonds is 12.